The van der Waals surface area contributed by atoms with Gasteiger partial charge < -0.3 is 10.1 Å². The topological polar surface area (TPSA) is 64.1 Å². The second-order valence-corrected chi connectivity index (χ2v) is 3.69. The van der Waals surface area contributed by atoms with Crippen LogP contribution in [0.2, 0.25) is 0 Å². The van der Waals surface area contributed by atoms with Crippen molar-refractivity contribution in [1.82, 2.24) is 9.97 Å². The Morgan fingerprint density at radius 3 is 2.89 bits per heavy atom. The molecule has 0 saturated heterocycles. The van der Waals surface area contributed by atoms with E-state index >= 15 is 0 Å². The van der Waals surface area contributed by atoms with Crippen molar-refractivity contribution in [3.8, 4) is 5.75 Å². The maximum absolute atomic E-state index is 11.6. The molecule has 2 aromatic rings. The number of carbonyl (C=O) groups is 1. The van der Waals surface area contributed by atoms with Crippen LogP contribution >= 0.6 is 0 Å². The minimum atomic E-state index is -0.265. The molecule has 0 aliphatic rings. The molecule has 1 heterocycles. The highest BCUT2D eigenvalue weighted by Gasteiger charge is 2.05. The molecular weight excluding hydrogens is 230 g/mol. The highest BCUT2D eigenvalue weighted by molar-refractivity contribution is 5.90. The van der Waals surface area contributed by atoms with E-state index in [-0.39, 0.29) is 12.5 Å². The highest BCUT2D eigenvalue weighted by atomic mass is 16.5. The van der Waals surface area contributed by atoms with E-state index in [1.165, 1.54) is 12.4 Å². The molecule has 0 unspecified atom stereocenters. The monoisotopic (exact) mass is 243 g/mol. The summed E-state index contributed by atoms with van der Waals surface area (Å²) in [6.45, 7) is 1.87. The van der Waals surface area contributed by atoms with E-state index in [0.717, 1.165) is 5.56 Å². The minimum Gasteiger partial charge on any atom is -0.483 e. The van der Waals surface area contributed by atoms with E-state index in [4.69, 9.17) is 4.74 Å². The quantitative estimate of drug-likeness (QED) is 0.889. The number of amides is 1. The first-order chi connectivity index (χ1) is 8.75. The normalized spacial score (nSPS) is 9.83. The summed E-state index contributed by atoms with van der Waals surface area (Å²) in [5.41, 5.74) is 0.991. The molecular formula is C13H13N3O2. The fourth-order valence-corrected chi connectivity index (χ4v) is 1.40. The highest BCUT2D eigenvalue weighted by Crippen LogP contribution is 2.15. The van der Waals surface area contributed by atoms with Gasteiger partial charge in [-0.1, -0.05) is 18.2 Å². The average molecular weight is 243 g/mol. The molecule has 1 aromatic heterocycles. The van der Waals surface area contributed by atoms with Crippen LogP contribution in [-0.2, 0) is 4.79 Å². The van der Waals surface area contributed by atoms with Crippen LogP contribution in [0.15, 0.2) is 42.9 Å². The molecule has 0 aliphatic heterocycles. The molecule has 0 atom stereocenters. The van der Waals surface area contributed by atoms with Crippen LogP contribution < -0.4 is 10.1 Å². The Morgan fingerprint density at radius 1 is 1.33 bits per heavy atom. The van der Waals surface area contributed by atoms with Crippen molar-refractivity contribution in [3.05, 3.63) is 48.4 Å². The van der Waals surface area contributed by atoms with Gasteiger partial charge in [-0.15, -0.1) is 0 Å². The van der Waals surface area contributed by atoms with Gasteiger partial charge in [0.1, 0.15) is 5.75 Å². The number of aryl methyl sites for hydroxylation is 1. The van der Waals surface area contributed by atoms with Crippen molar-refractivity contribution in [3.63, 3.8) is 0 Å². The number of nitrogens with one attached hydrogen (secondary N) is 1. The SMILES string of the molecule is Cc1ccccc1OCC(=O)Nc1cnccn1. The standard InChI is InChI=1S/C13H13N3O2/c1-10-4-2-3-5-11(10)18-9-13(17)16-12-8-14-6-7-15-12/h2-8H,9H2,1H3,(H,15,16,17). The number of nitrogens with zero attached hydrogens (tertiary/aromatic N) is 2. The van der Waals surface area contributed by atoms with Gasteiger partial charge in [-0.25, -0.2) is 4.98 Å². The Balaban J connectivity index is 1.88. The van der Waals surface area contributed by atoms with Crippen molar-refractivity contribution >= 4 is 11.7 Å². The van der Waals surface area contributed by atoms with Crippen LogP contribution in [0.1, 0.15) is 5.56 Å². The Bertz CT molecular complexity index is 529. The zero-order chi connectivity index (χ0) is 12.8. The van der Waals surface area contributed by atoms with E-state index in [1.807, 2.05) is 31.2 Å². The van der Waals surface area contributed by atoms with Gasteiger partial charge in [0.15, 0.2) is 12.4 Å². The molecule has 0 spiro atoms. The van der Waals surface area contributed by atoms with E-state index in [0.29, 0.717) is 11.6 Å². The van der Waals surface area contributed by atoms with Crippen LogP contribution in [0.3, 0.4) is 0 Å². The zero-order valence-corrected chi connectivity index (χ0v) is 9.96. The van der Waals surface area contributed by atoms with Gasteiger partial charge in [0.05, 0.1) is 6.20 Å². The summed E-state index contributed by atoms with van der Waals surface area (Å²) in [5, 5.41) is 2.59. The molecule has 1 aromatic carbocycles. The van der Waals surface area contributed by atoms with Gasteiger partial charge in [0.2, 0.25) is 0 Å². The molecule has 0 fully saturated rings. The van der Waals surface area contributed by atoms with Gasteiger partial charge in [0, 0.05) is 12.4 Å². The first kappa shape index (κ1) is 12.0. The van der Waals surface area contributed by atoms with E-state index in [1.54, 1.807) is 6.20 Å². The molecule has 0 aliphatic carbocycles. The maximum atomic E-state index is 11.6. The van der Waals surface area contributed by atoms with Gasteiger partial charge >= 0.3 is 0 Å². The number of ether oxygens (including phenoxy) is 1. The summed E-state index contributed by atoms with van der Waals surface area (Å²) in [7, 11) is 0. The molecule has 92 valence electrons. The van der Waals surface area contributed by atoms with Gasteiger partial charge in [0.25, 0.3) is 5.91 Å². The molecule has 1 amide bonds. The van der Waals surface area contributed by atoms with Crippen LogP contribution in [-0.4, -0.2) is 22.5 Å². The Hall–Kier alpha value is -2.43. The number of carbonyl (C=O) groups excluding carboxylic acids is 1. The molecule has 18 heavy (non-hydrogen) atoms. The number of anilines is 1. The average Bonchev–Trinajstić information content (AvgIpc) is 2.39. The van der Waals surface area contributed by atoms with Crippen LogP contribution in [0.5, 0.6) is 5.75 Å². The third-order valence-corrected chi connectivity index (χ3v) is 2.28. The summed E-state index contributed by atoms with van der Waals surface area (Å²) < 4.78 is 5.41. The second kappa shape index (κ2) is 5.77. The summed E-state index contributed by atoms with van der Waals surface area (Å²) in [4.78, 5) is 19.4. The van der Waals surface area contributed by atoms with E-state index < -0.39 is 0 Å². The lowest BCUT2D eigenvalue weighted by molar-refractivity contribution is -0.118. The number of benzene rings is 1. The number of hydrogen-bond donors (Lipinski definition) is 1. The molecule has 2 rings (SSSR count). The van der Waals surface area contributed by atoms with Crippen molar-refractivity contribution < 1.29 is 9.53 Å². The van der Waals surface area contributed by atoms with Crippen molar-refractivity contribution in [2.24, 2.45) is 0 Å². The first-order valence-electron chi connectivity index (χ1n) is 5.50. The Kier molecular flexibility index (Phi) is 3.86. The smallest absolute Gasteiger partial charge is 0.263 e. The predicted molar refractivity (Wildman–Crippen MR) is 67.3 cm³/mol. The van der Waals surface area contributed by atoms with Gasteiger partial charge in [-0.3, -0.25) is 9.78 Å². The third-order valence-electron chi connectivity index (χ3n) is 2.28. The maximum Gasteiger partial charge on any atom is 0.263 e. The lowest BCUT2D eigenvalue weighted by Crippen LogP contribution is -2.21. The molecule has 0 radical (unpaired) electrons. The van der Waals surface area contributed by atoms with E-state index in [9.17, 15) is 4.79 Å². The Labute approximate surface area is 105 Å². The number of hydrogen-bond acceptors (Lipinski definition) is 4. The summed E-state index contributed by atoms with van der Waals surface area (Å²) >= 11 is 0. The first-order valence-corrected chi connectivity index (χ1v) is 5.50. The minimum absolute atomic E-state index is 0.0541. The third kappa shape index (κ3) is 3.28. The fraction of sp³-hybridized carbons (Fsp3) is 0.154. The van der Waals surface area contributed by atoms with Crippen molar-refractivity contribution in [2.45, 2.75) is 6.92 Å². The van der Waals surface area contributed by atoms with Crippen molar-refractivity contribution in [2.75, 3.05) is 11.9 Å². The zero-order valence-electron chi connectivity index (χ0n) is 9.96. The number of aromatic nitrogens is 2. The molecule has 5 nitrogen and oxygen atoms in total. The predicted octanol–water partition coefficient (Wildman–Crippen LogP) is 1.80. The summed E-state index contributed by atoms with van der Waals surface area (Å²) in [5.74, 6) is 0.849. The second-order valence-electron chi connectivity index (χ2n) is 3.69. The fourth-order valence-electron chi connectivity index (χ4n) is 1.40. The lowest BCUT2D eigenvalue weighted by atomic mass is 10.2. The van der Waals surface area contributed by atoms with Gasteiger partial charge in [-0.05, 0) is 18.6 Å². The number of para-hydroxylation sites is 1. The van der Waals surface area contributed by atoms with Crippen molar-refractivity contribution in [1.29, 1.82) is 0 Å². The van der Waals surface area contributed by atoms with Gasteiger partial charge in [-0.2, -0.15) is 0 Å². The summed E-state index contributed by atoms with van der Waals surface area (Å²) in [6, 6.07) is 7.53. The Morgan fingerprint density at radius 2 is 2.17 bits per heavy atom. The molecule has 0 saturated carbocycles. The van der Waals surface area contributed by atoms with Crippen LogP contribution in [0, 0.1) is 6.92 Å². The summed E-state index contributed by atoms with van der Waals surface area (Å²) in [6.07, 6.45) is 4.53. The van der Waals surface area contributed by atoms with E-state index in [2.05, 4.69) is 15.3 Å². The lowest BCUT2D eigenvalue weighted by Gasteiger charge is -2.08. The van der Waals surface area contributed by atoms with Crippen LogP contribution in [0.25, 0.3) is 0 Å². The number of rotatable bonds is 4. The van der Waals surface area contributed by atoms with Crippen LogP contribution in [0.4, 0.5) is 5.82 Å². The largest absolute Gasteiger partial charge is 0.483 e. The molecule has 5 heteroatoms. The molecule has 0 bridgehead atoms. The molecule has 1 N–H and O–H groups in total.